The molecular formula is C20H40N2O2. The molecule has 4 heteroatoms. The van der Waals surface area contributed by atoms with E-state index in [4.69, 9.17) is 9.47 Å². The van der Waals surface area contributed by atoms with Crippen LogP contribution < -0.4 is 0 Å². The summed E-state index contributed by atoms with van der Waals surface area (Å²) in [6.07, 6.45) is 3.47. The van der Waals surface area contributed by atoms with E-state index in [9.17, 15) is 0 Å². The number of nitrogens with zero attached hydrogens (tertiary/aromatic N) is 2. The van der Waals surface area contributed by atoms with Crippen LogP contribution in [0.1, 0.15) is 60.8 Å². The van der Waals surface area contributed by atoms with Crippen LogP contribution in [0.25, 0.3) is 0 Å². The number of piperidine rings is 1. The lowest BCUT2D eigenvalue weighted by molar-refractivity contribution is -0.140. The van der Waals surface area contributed by atoms with Crippen LogP contribution >= 0.6 is 0 Å². The molecule has 0 unspecified atom stereocenters. The molecule has 0 aromatic heterocycles. The topological polar surface area (TPSA) is 24.9 Å². The fraction of sp³-hybridized carbons (Fsp3) is 1.00. The molecule has 2 saturated heterocycles. The molecule has 0 N–H and O–H groups in total. The maximum atomic E-state index is 6.29. The predicted molar refractivity (Wildman–Crippen MR) is 101 cm³/mol. The van der Waals surface area contributed by atoms with E-state index in [1.807, 2.05) is 0 Å². The van der Waals surface area contributed by atoms with Crippen molar-refractivity contribution < 1.29 is 9.47 Å². The van der Waals surface area contributed by atoms with Gasteiger partial charge in [0.25, 0.3) is 0 Å². The second kappa shape index (κ2) is 8.48. The minimum atomic E-state index is -0.0217. The van der Waals surface area contributed by atoms with Crippen LogP contribution in [0.3, 0.4) is 0 Å². The van der Waals surface area contributed by atoms with Crippen molar-refractivity contribution in [3.8, 4) is 0 Å². The first-order valence-electron chi connectivity index (χ1n) is 9.95. The third-order valence-electron chi connectivity index (χ3n) is 5.73. The summed E-state index contributed by atoms with van der Waals surface area (Å²) in [4.78, 5) is 5.24. The van der Waals surface area contributed by atoms with Gasteiger partial charge in [-0.05, 0) is 52.9 Å². The summed E-state index contributed by atoms with van der Waals surface area (Å²) in [5, 5.41) is 0. The maximum Gasteiger partial charge on any atom is 0.0833 e. The molecule has 0 aromatic rings. The Morgan fingerprint density at radius 1 is 1.08 bits per heavy atom. The summed E-state index contributed by atoms with van der Waals surface area (Å²) in [7, 11) is 0. The van der Waals surface area contributed by atoms with Gasteiger partial charge in [0.15, 0.2) is 0 Å². The summed E-state index contributed by atoms with van der Waals surface area (Å²) in [6, 6.07) is 0.677. The highest BCUT2D eigenvalue weighted by Gasteiger charge is 2.40. The second-order valence-electron chi connectivity index (χ2n) is 9.14. The predicted octanol–water partition coefficient (Wildman–Crippen LogP) is 3.40. The average molecular weight is 341 g/mol. The van der Waals surface area contributed by atoms with E-state index in [0.717, 1.165) is 45.2 Å². The molecule has 0 aromatic carbocycles. The van der Waals surface area contributed by atoms with E-state index in [1.54, 1.807) is 0 Å². The lowest BCUT2D eigenvalue weighted by atomic mass is 9.87. The third kappa shape index (κ3) is 5.98. The van der Waals surface area contributed by atoms with Gasteiger partial charge in [-0.2, -0.15) is 0 Å². The lowest BCUT2D eigenvalue weighted by Crippen LogP contribution is -2.58. The van der Waals surface area contributed by atoms with E-state index < -0.39 is 0 Å². The molecule has 2 rings (SSSR count). The number of ether oxygens (including phenoxy) is 2. The van der Waals surface area contributed by atoms with Crippen molar-refractivity contribution in [2.45, 2.75) is 78.0 Å². The molecular weight excluding hydrogens is 300 g/mol. The molecule has 2 fully saturated rings. The van der Waals surface area contributed by atoms with Crippen LogP contribution in [0.2, 0.25) is 0 Å². The van der Waals surface area contributed by atoms with E-state index in [2.05, 4.69) is 51.3 Å². The van der Waals surface area contributed by atoms with Crippen molar-refractivity contribution in [1.82, 2.24) is 9.80 Å². The van der Waals surface area contributed by atoms with E-state index in [-0.39, 0.29) is 11.2 Å². The molecule has 24 heavy (non-hydrogen) atoms. The van der Waals surface area contributed by atoms with Crippen LogP contribution in [0.15, 0.2) is 0 Å². The van der Waals surface area contributed by atoms with Gasteiger partial charge in [-0.15, -0.1) is 0 Å². The van der Waals surface area contributed by atoms with Crippen LogP contribution in [0.4, 0.5) is 0 Å². The highest BCUT2D eigenvalue weighted by atomic mass is 16.5. The Balaban J connectivity index is 1.75. The first-order valence-corrected chi connectivity index (χ1v) is 9.95. The van der Waals surface area contributed by atoms with Crippen molar-refractivity contribution in [2.75, 3.05) is 45.9 Å². The Morgan fingerprint density at radius 2 is 1.75 bits per heavy atom. The standard InChI is InChI=1S/C20H40N2O2/c1-17(2)18(3)22-11-8-20(9-12-22)16-21(13-15-24-20)10-7-14-23-19(4,5)6/h17-18H,7-16H2,1-6H3/t18-/m0/s1. The van der Waals surface area contributed by atoms with Crippen molar-refractivity contribution in [3.63, 3.8) is 0 Å². The largest absolute Gasteiger partial charge is 0.376 e. The fourth-order valence-corrected chi connectivity index (χ4v) is 3.84. The molecule has 4 nitrogen and oxygen atoms in total. The quantitative estimate of drug-likeness (QED) is 0.692. The molecule has 2 heterocycles. The zero-order valence-corrected chi connectivity index (χ0v) is 16.9. The van der Waals surface area contributed by atoms with E-state index in [1.165, 1.54) is 25.9 Å². The van der Waals surface area contributed by atoms with E-state index in [0.29, 0.717) is 6.04 Å². The van der Waals surface area contributed by atoms with Gasteiger partial charge in [0, 0.05) is 45.4 Å². The number of hydrogen-bond donors (Lipinski definition) is 0. The van der Waals surface area contributed by atoms with Crippen molar-refractivity contribution in [1.29, 1.82) is 0 Å². The molecule has 1 atom stereocenters. The Morgan fingerprint density at radius 3 is 2.33 bits per heavy atom. The summed E-state index contributed by atoms with van der Waals surface area (Å²) in [5.74, 6) is 0.727. The van der Waals surface area contributed by atoms with E-state index >= 15 is 0 Å². The number of morpholine rings is 1. The molecule has 0 saturated carbocycles. The molecule has 0 aliphatic carbocycles. The van der Waals surface area contributed by atoms with Gasteiger partial charge in [-0.3, -0.25) is 4.90 Å². The molecule has 142 valence electrons. The fourth-order valence-electron chi connectivity index (χ4n) is 3.84. The van der Waals surface area contributed by atoms with Gasteiger partial charge >= 0.3 is 0 Å². The van der Waals surface area contributed by atoms with Gasteiger partial charge in [-0.25, -0.2) is 0 Å². The molecule has 0 bridgehead atoms. The first-order chi connectivity index (χ1) is 11.2. The van der Waals surface area contributed by atoms with Gasteiger partial charge in [-0.1, -0.05) is 13.8 Å². The molecule has 1 spiro atoms. The summed E-state index contributed by atoms with van der Waals surface area (Å²) in [6.45, 7) is 20.8. The third-order valence-corrected chi connectivity index (χ3v) is 5.73. The summed E-state index contributed by atoms with van der Waals surface area (Å²) in [5.41, 5.74) is 0.0858. The zero-order chi connectivity index (χ0) is 17.8. The van der Waals surface area contributed by atoms with Crippen molar-refractivity contribution in [3.05, 3.63) is 0 Å². The Labute approximate surface area is 149 Å². The molecule has 0 radical (unpaired) electrons. The van der Waals surface area contributed by atoms with Gasteiger partial charge in [0.2, 0.25) is 0 Å². The maximum absolute atomic E-state index is 6.29. The average Bonchev–Trinajstić information content (AvgIpc) is 2.51. The van der Waals surface area contributed by atoms with Gasteiger partial charge in [0.1, 0.15) is 0 Å². The van der Waals surface area contributed by atoms with Gasteiger partial charge < -0.3 is 14.4 Å². The molecule has 2 aliphatic rings. The van der Waals surface area contributed by atoms with Crippen LogP contribution in [0.5, 0.6) is 0 Å². The smallest absolute Gasteiger partial charge is 0.0833 e. The minimum absolute atomic E-state index is 0.0217. The van der Waals surface area contributed by atoms with Gasteiger partial charge in [0.05, 0.1) is 17.8 Å². The Kier molecular flexibility index (Phi) is 7.12. The first kappa shape index (κ1) is 20.2. The number of rotatable bonds is 6. The SMILES string of the molecule is CC(C)[C@H](C)N1CCC2(CC1)CN(CCCOC(C)(C)C)CCO2. The Bertz CT molecular complexity index is 370. The lowest BCUT2D eigenvalue weighted by Gasteiger charge is -2.49. The number of hydrogen-bond acceptors (Lipinski definition) is 4. The normalized spacial score (nSPS) is 24.6. The number of likely N-dealkylation sites (tertiary alicyclic amines) is 1. The molecule has 2 aliphatic heterocycles. The highest BCUT2D eigenvalue weighted by Crippen LogP contribution is 2.31. The highest BCUT2D eigenvalue weighted by molar-refractivity contribution is 4.94. The van der Waals surface area contributed by atoms with Crippen LogP contribution in [-0.2, 0) is 9.47 Å². The zero-order valence-electron chi connectivity index (χ0n) is 16.9. The van der Waals surface area contributed by atoms with Crippen molar-refractivity contribution >= 4 is 0 Å². The summed E-state index contributed by atoms with van der Waals surface area (Å²) >= 11 is 0. The second-order valence-corrected chi connectivity index (χ2v) is 9.14. The Hall–Kier alpha value is -0.160. The van der Waals surface area contributed by atoms with Crippen LogP contribution in [-0.4, -0.2) is 73.0 Å². The van der Waals surface area contributed by atoms with Crippen molar-refractivity contribution in [2.24, 2.45) is 5.92 Å². The summed E-state index contributed by atoms with van der Waals surface area (Å²) < 4.78 is 12.1. The molecule has 0 amide bonds. The monoisotopic (exact) mass is 340 g/mol. The van der Waals surface area contributed by atoms with Crippen LogP contribution in [0, 0.1) is 5.92 Å². The minimum Gasteiger partial charge on any atom is -0.376 e.